The van der Waals surface area contributed by atoms with Crippen LogP contribution in [0.15, 0.2) is 6.20 Å². The summed E-state index contributed by atoms with van der Waals surface area (Å²) in [5, 5.41) is 4.40. The third-order valence-corrected chi connectivity index (χ3v) is 3.22. The molecule has 1 rings (SSSR count). The van der Waals surface area contributed by atoms with E-state index in [1.807, 2.05) is 13.1 Å². The molecule has 0 saturated heterocycles. The zero-order chi connectivity index (χ0) is 11.1. The highest BCUT2D eigenvalue weighted by Crippen LogP contribution is 2.25. The molecule has 0 aliphatic rings. The molecule has 0 amide bonds. The van der Waals surface area contributed by atoms with Crippen molar-refractivity contribution in [3.63, 3.8) is 0 Å². The summed E-state index contributed by atoms with van der Waals surface area (Å²) in [4.78, 5) is 5.69. The molecule has 1 unspecified atom stereocenters. The Bertz CT molecular complexity index is 275. The van der Waals surface area contributed by atoms with E-state index in [4.69, 9.17) is 4.74 Å². The lowest BCUT2D eigenvalue weighted by Crippen LogP contribution is -2.10. The molecule has 0 aliphatic heterocycles. The van der Waals surface area contributed by atoms with E-state index in [0.717, 1.165) is 31.1 Å². The summed E-state index contributed by atoms with van der Waals surface area (Å²) in [7, 11) is 0. The van der Waals surface area contributed by atoms with Crippen molar-refractivity contribution in [2.75, 3.05) is 13.2 Å². The lowest BCUT2D eigenvalue weighted by molar-refractivity contribution is 0.0596. The van der Waals surface area contributed by atoms with E-state index < -0.39 is 0 Å². The minimum atomic E-state index is 0.176. The van der Waals surface area contributed by atoms with E-state index in [0.29, 0.717) is 0 Å². The second-order valence-corrected chi connectivity index (χ2v) is 4.44. The molecule has 1 N–H and O–H groups in total. The molecule has 0 spiro atoms. The van der Waals surface area contributed by atoms with Gasteiger partial charge in [-0.2, -0.15) is 0 Å². The first-order chi connectivity index (χ1) is 7.31. The van der Waals surface area contributed by atoms with Crippen LogP contribution in [0.2, 0.25) is 0 Å². The van der Waals surface area contributed by atoms with Crippen LogP contribution in [0.1, 0.15) is 43.2 Å². The topological polar surface area (TPSA) is 34.2 Å². The minimum absolute atomic E-state index is 0.176. The quantitative estimate of drug-likeness (QED) is 0.779. The molecule has 1 heterocycles. The molecule has 0 saturated carbocycles. The molecular formula is C11H20N2OS. The fourth-order valence-corrected chi connectivity index (χ4v) is 2.39. The van der Waals surface area contributed by atoms with Crippen molar-refractivity contribution >= 4 is 11.3 Å². The van der Waals surface area contributed by atoms with Gasteiger partial charge in [0.1, 0.15) is 11.1 Å². The van der Waals surface area contributed by atoms with E-state index in [2.05, 4.69) is 24.1 Å². The standard InChI is InChI=1S/C11H20N2OS/c1-4-10(14-6-3)11-13-8-9(15-11)7-12-5-2/h8,10,12H,4-7H2,1-3H3. The van der Waals surface area contributed by atoms with E-state index >= 15 is 0 Å². The van der Waals surface area contributed by atoms with Crippen molar-refractivity contribution in [3.05, 3.63) is 16.1 Å². The Kier molecular flexibility index (Phi) is 5.83. The van der Waals surface area contributed by atoms with Crippen molar-refractivity contribution < 1.29 is 4.74 Å². The van der Waals surface area contributed by atoms with Crippen LogP contribution < -0.4 is 5.32 Å². The Hall–Kier alpha value is -0.450. The number of hydrogen-bond acceptors (Lipinski definition) is 4. The van der Waals surface area contributed by atoms with Gasteiger partial charge in [0.25, 0.3) is 0 Å². The van der Waals surface area contributed by atoms with E-state index in [-0.39, 0.29) is 6.10 Å². The molecule has 86 valence electrons. The first-order valence-electron chi connectivity index (χ1n) is 5.58. The molecule has 0 fully saturated rings. The Balaban J connectivity index is 2.56. The van der Waals surface area contributed by atoms with Crippen LogP contribution in [0.3, 0.4) is 0 Å². The first-order valence-corrected chi connectivity index (χ1v) is 6.40. The third kappa shape index (κ3) is 3.89. The zero-order valence-corrected chi connectivity index (χ0v) is 10.6. The molecule has 4 heteroatoms. The Morgan fingerprint density at radius 3 is 2.87 bits per heavy atom. The summed E-state index contributed by atoms with van der Waals surface area (Å²) in [6.45, 7) is 8.92. The third-order valence-electron chi connectivity index (χ3n) is 2.13. The summed E-state index contributed by atoms with van der Waals surface area (Å²) in [6, 6.07) is 0. The molecule has 15 heavy (non-hydrogen) atoms. The van der Waals surface area contributed by atoms with Crippen LogP contribution in [-0.2, 0) is 11.3 Å². The van der Waals surface area contributed by atoms with Crippen LogP contribution in [0.25, 0.3) is 0 Å². The van der Waals surface area contributed by atoms with Crippen molar-refractivity contribution in [2.24, 2.45) is 0 Å². The Morgan fingerprint density at radius 1 is 1.47 bits per heavy atom. The van der Waals surface area contributed by atoms with Gasteiger partial charge >= 0.3 is 0 Å². The monoisotopic (exact) mass is 228 g/mol. The summed E-state index contributed by atoms with van der Waals surface area (Å²) < 4.78 is 5.62. The maximum atomic E-state index is 5.62. The fraction of sp³-hybridized carbons (Fsp3) is 0.727. The molecule has 0 aromatic carbocycles. The number of nitrogens with one attached hydrogen (secondary N) is 1. The number of thiazole rings is 1. The second-order valence-electron chi connectivity index (χ2n) is 3.30. The highest BCUT2D eigenvalue weighted by atomic mass is 32.1. The van der Waals surface area contributed by atoms with Gasteiger partial charge in [0.15, 0.2) is 0 Å². The van der Waals surface area contributed by atoms with Gasteiger partial charge in [-0.05, 0) is 19.9 Å². The molecule has 1 aromatic heterocycles. The van der Waals surface area contributed by atoms with E-state index in [1.165, 1.54) is 4.88 Å². The van der Waals surface area contributed by atoms with Crippen LogP contribution in [0, 0.1) is 0 Å². The predicted molar refractivity (Wildman–Crippen MR) is 64.2 cm³/mol. The van der Waals surface area contributed by atoms with Gasteiger partial charge < -0.3 is 10.1 Å². The van der Waals surface area contributed by atoms with Gasteiger partial charge in [0, 0.05) is 24.2 Å². The predicted octanol–water partition coefficient (Wildman–Crippen LogP) is 2.74. The Labute approximate surface area is 95.9 Å². The SMILES string of the molecule is CCNCc1cnc(C(CC)OCC)s1. The van der Waals surface area contributed by atoms with Gasteiger partial charge in [0.2, 0.25) is 0 Å². The summed E-state index contributed by atoms with van der Waals surface area (Å²) in [5.41, 5.74) is 0. The minimum Gasteiger partial charge on any atom is -0.371 e. The van der Waals surface area contributed by atoms with E-state index in [1.54, 1.807) is 11.3 Å². The number of aromatic nitrogens is 1. The highest BCUT2D eigenvalue weighted by molar-refractivity contribution is 7.11. The van der Waals surface area contributed by atoms with Gasteiger partial charge in [-0.25, -0.2) is 4.98 Å². The average molecular weight is 228 g/mol. The van der Waals surface area contributed by atoms with Crippen LogP contribution in [0.4, 0.5) is 0 Å². The van der Waals surface area contributed by atoms with Crippen molar-refractivity contribution in [1.82, 2.24) is 10.3 Å². The van der Waals surface area contributed by atoms with Gasteiger partial charge in [-0.1, -0.05) is 13.8 Å². The van der Waals surface area contributed by atoms with E-state index in [9.17, 15) is 0 Å². The number of rotatable bonds is 7. The smallest absolute Gasteiger partial charge is 0.122 e. The number of ether oxygens (including phenoxy) is 1. The average Bonchev–Trinajstić information content (AvgIpc) is 2.71. The van der Waals surface area contributed by atoms with Crippen LogP contribution >= 0.6 is 11.3 Å². The van der Waals surface area contributed by atoms with Crippen molar-refractivity contribution in [1.29, 1.82) is 0 Å². The Morgan fingerprint density at radius 2 is 2.27 bits per heavy atom. The molecule has 1 atom stereocenters. The normalized spacial score (nSPS) is 13.0. The second kappa shape index (κ2) is 6.93. The number of nitrogens with zero attached hydrogens (tertiary/aromatic N) is 1. The van der Waals surface area contributed by atoms with Crippen molar-refractivity contribution in [3.8, 4) is 0 Å². The number of hydrogen-bond donors (Lipinski definition) is 1. The first kappa shape index (κ1) is 12.6. The zero-order valence-electron chi connectivity index (χ0n) is 9.75. The van der Waals surface area contributed by atoms with Crippen LogP contribution in [0.5, 0.6) is 0 Å². The molecule has 1 aromatic rings. The lowest BCUT2D eigenvalue weighted by Gasteiger charge is -2.10. The van der Waals surface area contributed by atoms with Gasteiger partial charge in [-0.15, -0.1) is 11.3 Å². The lowest BCUT2D eigenvalue weighted by atomic mass is 10.3. The maximum Gasteiger partial charge on any atom is 0.122 e. The van der Waals surface area contributed by atoms with Crippen molar-refractivity contribution in [2.45, 2.75) is 39.8 Å². The molecule has 0 bridgehead atoms. The largest absolute Gasteiger partial charge is 0.371 e. The fourth-order valence-electron chi connectivity index (χ4n) is 1.37. The highest BCUT2D eigenvalue weighted by Gasteiger charge is 2.13. The molecule has 0 radical (unpaired) electrons. The summed E-state index contributed by atoms with van der Waals surface area (Å²) in [6.07, 6.45) is 3.11. The molecular weight excluding hydrogens is 208 g/mol. The molecule has 0 aliphatic carbocycles. The van der Waals surface area contributed by atoms with Crippen LogP contribution in [-0.4, -0.2) is 18.1 Å². The van der Waals surface area contributed by atoms with Gasteiger partial charge in [0.05, 0.1) is 0 Å². The molecule has 3 nitrogen and oxygen atoms in total. The summed E-state index contributed by atoms with van der Waals surface area (Å²) >= 11 is 1.75. The van der Waals surface area contributed by atoms with Gasteiger partial charge in [-0.3, -0.25) is 0 Å². The summed E-state index contributed by atoms with van der Waals surface area (Å²) in [5.74, 6) is 0. The maximum absolute atomic E-state index is 5.62.